The smallest absolute Gasteiger partial charge is 0.258 e. The molecule has 5 nitrogen and oxygen atoms in total. The van der Waals surface area contributed by atoms with Gasteiger partial charge in [-0.15, -0.1) is 0 Å². The maximum atomic E-state index is 13.6. The number of amides is 1. The van der Waals surface area contributed by atoms with Gasteiger partial charge in [-0.3, -0.25) is 9.69 Å². The molecule has 1 amide bonds. The van der Waals surface area contributed by atoms with Crippen LogP contribution < -0.4 is 9.80 Å². The number of carbonyl (C=O) groups excluding carboxylic acids is 1. The summed E-state index contributed by atoms with van der Waals surface area (Å²) in [5, 5.41) is 1.29. The van der Waals surface area contributed by atoms with Gasteiger partial charge < -0.3 is 14.8 Å². The van der Waals surface area contributed by atoms with Crippen LogP contribution in [0.25, 0.3) is 10.9 Å². The van der Waals surface area contributed by atoms with Crippen LogP contribution in [-0.2, 0) is 6.42 Å². The van der Waals surface area contributed by atoms with Gasteiger partial charge in [0, 0.05) is 66.8 Å². The lowest BCUT2D eigenvalue weighted by molar-refractivity contribution is 0.0963. The Bertz CT molecular complexity index is 1290. The Hall–Kier alpha value is -3.57. The summed E-state index contributed by atoms with van der Waals surface area (Å²) >= 11 is 0. The molecule has 0 aliphatic carbocycles. The van der Waals surface area contributed by atoms with Crippen LogP contribution >= 0.6 is 0 Å². The molecule has 0 bridgehead atoms. The molecule has 6 rings (SSSR count). The lowest BCUT2D eigenvalue weighted by Crippen LogP contribution is -2.54. The minimum Gasteiger partial charge on any atom is -0.368 e. The number of nitrogens with one attached hydrogen (secondary N) is 1. The molecule has 3 heterocycles. The molecule has 1 N–H and O–H groups in total. The van der Waals surface area contributed by atoms with Gasteiger partial charge >= 0.3 is 0 Å². The van der Waals surface area contributed by atoms with Gasteiger partial charge in [-0.2, -0.15) is 0 Å². The first-order chi connectivity index (χ1) is 16.8. The van der Waals surface area contributed by atoms with Crippen LogP contribution in [0.3, 0.4) is 0 Å². The Labute approximate surface area is 200 Å². The molecule has 0 spiro atoms. The summed E-state index contributed by atoms with van der Waals surface area (Å²) in [4.78, 5) is 24.1. The highest BCUT2D eigenvalue weighted by atomic mass is 16.2. The average molecular weight is 451 g/mol. The van der Waals surface area contributed by atoms with Crippen LogP contribution in [0.4, 0.5) is 11.4 Å². The molecule has 34 heavy (non-hydrogen) atoms. The Balaban J connectivity index is 1.20. The number of anilines is 2. The molecule has 1 saturated heterocycles. The maximum absolute atomic E-state index is 13.6. The lowest BCUT2D eigenvalue weighted by atomic mass is 9.94. The third kappa shape index (κ3) is 3.86. The maximum Gasteiger partial charge on any atom is 0.258 e. The Morgan fingerprint density at radius 3 is 2.44 bits per heavy atom. The molecular weight excluding hydrogens is 420 g/mol. The Kier molecular flexibility index (Phi) is 5.55. The standard InChI is InChI=1S/C29H30N4O/c34-29(23-8-2-1-3-9-23)33-24(14-13-22-7-4-5-11-27(22)33)21-31-17-19-32(20-18-31)28-12-6-10-26-25(28)15-16-30-26/h1-12,15-16,24,30H,13-14,17-21H2. The van der Waals surface area contributed by atoms with Crippen molar-refractivity contribution in [2.75, 3.05) is 42.5 Å². The Morgan fingerprint density at radius 1 is 0.824 bits per heavy atom. The number of aryl methyl sites for hydroxylation is 1. The number of fused-ring (bicyclic) bond motifs is 2. The van der Waals surface area contributed by atoms with E-state index in [0.717, 1.165) is 56.8 Å². The molecule has 1 atom stereocenters. The first kappa shape index (κ1) is 21.0. The van der Waals surface area contributed by atoms with Crippen molar-refractivity contribution >= 4 is 28.2 Å². The van der Waals surface area contributed by atoms with Gasteiger partial charge in [0.1, 0.15) is 0 Å². The van der Waals surface area contributed by atoms with Crippen LogP contribution in [0.2, 0.25) is 0 Å². The van der Waals surface area contributed by atoms with E-state index in [1.807, 2.05) is 42.6 Å². The van der Waals surface area contributed by atoms with Gasteiger partial charge in [0.15, 0.2) is 0 Å². The zero-order valence-electron chi connectivity index (χ0n) is 19.4. The second kappa shape index (κ2) is 8.99. The average Bonchev–Trinajstić information content (AvgIpc) is 3.38. The number of hydrogen-bond acceptors (Lipinski definition) is 3. The minimum atomic E-state index is 0.107. The highest BCUT2D eigenvalue weighted by Crippen LogP contribution is 2.33. The fraction of sp³-hybridized carbons (Fsp3) is 0.276. The molecule has 0 saturated carbocycles. The van der Waals surface area contributed by atoms with E-state index in [2.05, 4.69) is 62.1 Å². The number of nitrogens with zero attached hydrogens (tertiary/aromatic N) is 3. The molecular formula is C29H30N4O. The molecule has 2 aliphatic rings. The van der Waals surface area contributed by atoms with Crippen molar-refractivity contribution in [2.24, 2.45) is 0 Å². The van der Waals surface area contributed by atoms with Gasteiger partial charge in [0.25, 0.3) is 5.91 Å². The SMILES string of the molecule is O=C(c1ccccc1)N1c2ccccc2CCC1CN1CCN(c2cccc3[nH]ccc23)CC1. The summed E-state index contributed by atoms with van der Waals surface area (Å²) < 4.78 is 0. The van der Waals surface area contributed by atoms with Crippen molar-refractivity contribution in [3.63, 3.8) is 0 Å². The van der Waals surface area contributed by atoms with Crippen LogP contribution in [0.1, 0.15) is 22.3 Å². The molecule has 5 heteroatoms. The molecule has 1 unspecified atom stereocenters. The third-order valence-electron chi connectivity index (χ3n) is 7.36. The van der Waals surface area contributed by atoms with E-state index in [4.69, 9.17) is 0 Å². The number of piperazine rings is 1. The fourth-order valence-electron chi connectivity index (χ4n) is 5.59. The summed E-state index contributed by atoms with van der Waals surface area (Å²) in [5.41, 5.74) is 5.60. The summed E-state index contributed by atoms with van der Waals surface area (Å²) in [5.74, 6) is 0.107. The highest BCUT2D eigenvalue weighted by Gasteiger charge is 2.33. The van der Waals surface area contributed by atoms with Gasteiger partial charge in [0.05, 0.1) is 6.04 Å². The van der Waals surface area contributed by atoms with E-state index < -0.39 is 0 Å². The second-order valence-corrected chi connectivity index (χ2v) is 9.37. The molecule has 2 aliphatic heterocycles. The van der Waals surface area contributed by atoms with Crippen molar-refractivity contribution < 1.29 is 4.79 Å². The normalized spacial score (nSPS) is 18.8. The van der Waals surface area contributed by atoms with Gasteiger partial charge in [-0.05, 0) is 54.8 Å². The quantitative estimate of drug-likeness (QED) is 0.478. The number of hydrogen-bond donors (Lipinski definition) is 1. The number of H-pyrrole nitrogens is 1. The summed E-state index contributed by atoms with van der Waals surface area (Å²) in [7, 11) is 0. The first-order valence-electron chi connectivity index (χ1n) is 12.3. The van der Waals surface area contributed by atoms with Crippen LogP contribution in [0.15, 0.2) is 85.1 Å². The number of aromatic amines is 1. The molecule has 3 aromatic carbocycles. The fourth-order valence-corrected chi connectivity index (χ4v) is 5.59. The number of para-hydroxylation sites is 1. The first-order valence-corrected chi connectivity index (χ1v) is 12.3. The van der Waals surface area contributed by atoms with Crippen molar-refractivity contribution in [1.29, 1.82) is 0 Å². The van der Waals surface area contributed by atoms with E-state index in [1.54, 1.807) is 0 Å². The second-order valence-electron chi connectivity index (χ2n) is 9.37. The van der Waals surface area contributed by atoms with E-state index in [-0.39, 0.29) is 11.9 Å². The van der Waals surface area contributed by atoms with Crippen LogP contribution in [0, 0.1) is 0 Å². The number of rotatable bonds is 4. The van der Waals surface area contributed by atoms with Crippen LogP contribution in [-0.4, -0.2) is 54.6 Å². The molecule has 172 valence electrons. The minimum absolute atomic E-state index is 0.107. The highest BCUT2D eigenvalue weighted by molar-refractivity contribution is 6.07. The third-order valence-corrected chi connectivity index (χ3v) is 7.36. The topological polar surface area (TPSA) is 42.6 Å². The van der Waals surface area contributed by atoms with Gasteiger partial charge in [0.2, 0.25) is 0 Å². The lowest BCUT2D eigenvalue weighted by Gasteiger charge is -2.42. The summed E-state index contributed by atoms with van der Waals surface area (Å²) in [6.07, 6.45) is 4.04. The summed E-state index contributed by atoms with van der Waals surface area (Å²) in [6.45, 7) is 4.92. The van der Waals surface area contributed by atoms with E-state index >= 15 is 0 Å². The number of carbonyl (C=O) groups is 1. The molecule has 0 radical (unpaired) electrons. The summed E-state index contributed by atoms with van der Waals surface area (Å²) in [6, 6.07) is 27.0. The van der Waals surface area contributed by atoms with Crippen molar-refractivity contribution in [2.45, 2.75) is 18.9 Å². The van der Waals surface area contributed by atoms with E-state index in [9.17, 15) is 4.79 Å². The largest absolute Gasteiger partial charge is 0.368 e. The molecule has 1 aromatic heterocycles. The zero-order valence-corrected chi connectivity index (χ0v) is 19.4. The van der Waals surface area contributed by atoms with Gasteiger partial charge in [-0.1, -0.05) is 42.5 Å². The van der Waals surface area contributed by atoms with Crippen molar-refractivity contribution in [1.82, 2.24) is 9.88 Å². The predicted octanol–water partition coefficient (Wildman–Crippen LogP) is 4.95. The zero-order chi connectivity index (χ0) is 22.9. The monoisotopic (exact) mass is 450 g/mol. The Morgan fingerprint density at radius 2 is 1.59 bits per heavy atom. The number of benzene rings is 3. The van der Waals surface area contributed by atoms with Gasteiger partial charge in [-0.25, -0.2) is 0 Å². The number of aromatic nitrogens is 1. The molecule has 1 fully saturated rings. The van der Waals surface area contributed by atoms with Crippen molar-refractivity contribution in [3.05, 3.63) is 96.2 Å². The van der Waals surface area contributed by atoms with E-state index in [1.165, 1.54) is 22.2 Å². The van der Waals surface area contributed by atoms with E-state index in [0.29, 0.717) is 0 Å². The van der Waals surface area contributed by atoms with Crippen LogP contribution in [0.5, 0.6) is 0 Å². The van der Waals surface area contributed by atoms with Crippen molar-refractivity contribution in [3.8, 4) is 0 Å². The molecule has 4 aromatic rings. The predicted molar refractivity (Wildman–Crippen MR) is 139 cm³/mol.